The molecule has 0 saturated carbocycles. The van der Waals surface area contributed by atoms with E-state index in [-0.39, 0.29) is 0 Å². The zero-order chi connectivity index (χ0) is 7.56. The summed E-state index contributed by atoms with van der Waals surface area (Å²) in [5, 5.41) is 7.16. The van der Waals surface area contributed by atoms with Gasteiger partial charge in [0.05, 0.1) is 0 Å². The van der Waals surface area contributed by atoms with E-state index in [1.165, 1.54) is 10.8 Å². The van der Waals surface area contributed by atoms with Crippen molar-refractivity contribution in [1.29, 1.82) is 0 Å². The maximum atomic E-state index is 5.82. The minimum Gasteiger partial charge on any atom is -0.348 e. The van der Waals surface area contributed by atoms with Gasteiger partial charge in [-0.1, -0.05) is 36.4 Å². The van der Waals surface area contributed by atoms with Gasteiger partial charge in [0.15, 0.2) is 8.96 Å². The second-order valence-electron chi connectivity index (χ2n) is 2.50. The van der Waals surface area contributed by atoms with Crippen LogP contribution in [-0.2, 0) is 0 Å². The van der Waals surface area contributed by atoms with E-state index in [2.05, 4.69) is 25.6 Å². The molecule has 0 unspecified atom stereocenters. The first-order valence-electron chi connectivity index (χ1n) is 3.37. The minimum atomic E-state index is -0.742. The van der Waals surface area contributed by atoms with Crippen LogP contribution in [0.3, 0.4) is 0 Å². The lowest BCUT2D eigenvalue weighted by Crippen LogP contribution is -2.37. The van der Waals surface area contributed by atoms with E-state index in [9.17, 15) is 0 Å². The van der Waals surface area contributed by atoms with Crippen molar-refractivity contribution in [2.75, 3.05) is 0 Å². The molecule has 1 nitrogen and oxygen atoms in total. The van der Waals surface area contributed by atoms with Gasteiger partial charge >= 0.3 is 0 Å². The molecule has 0 aliphatic carbocycles. The van der Waals surface area contributed by atoms with Crippen molar-refractivity contribution < 1.29 is 0 Å². The van der Waals surface area contributed by atoms with E-state index in [1.807, 2.05) is 12.1 Å². The lowest BCUT2D eigenvalue weighted by Gasteiger charge is -2.05. The largest absolute Gasteiger partial charge is 0.348 e. The van der Waals surface area contributed by atoms with Crippen LogP contribution in [0.5, 0.6) is 0 Å². The van der Waals surface area contributed by atoms with E-state index in [0.717, 1.165) is 0 Å². The Hall–Kier alpha value is -0.603. The molecule has 0 saturated heterocycles. The molecule has 0 aliphatic rings. The minimum absolute atomic E-state index is 0.742. The third-order valence-corrected chi connectivity index (χ3v) is 2.98. The van der Waals surface area contributed by atoms with Gasteiger partial charge in [-0.05, 0) is 12.1 Å². The quantitative estimate of drug-likeness (QED) is 0.588. The van der Waals surface area contributed by atoms with Gasteiger partial charge in [-0.3, -0.25) is 0 Å². The molecule has 1 radical (unpaired) electrons. The van der Waals surface area contributed by atoms with E-state index >= 15 is 0 Å². The summed E-state index contributed by atoms with van der Waals surface area (Å²) in [5.74, 6) is 0. The van der Waals surface area contributed by atoms with Gasteiger partial charge in [-0.2, -0.15) is 0 Å². The Balaban J connectivity index is 3.03. The molecule has 0 aliphatic heterocycles. The van der Waals surface area contributed by atoms with Gasteiger partial charge in [0.2, 0.25) is 0 Å². The number of hydrogen-bond donors (Lipinski definition) is 1. The third-order valence-electron chi connectivity index (χ3n) is 1.57. The highest BCUT2D eigenvalue weighted by molar-refractivity contribution is 6.69. The second-order valence-corrected chi connectivity index (χ2v) is 4.40. The van der Waals surface area contributed by atoms with Gasteiger partial charge in [0.1, 0.15) is 0 Å². The summed E-state index contributed by atoms with van der Waals surface area (Å²) in [4.78, 5) is 0. The summed E-state index contributed by atoms with van der Waals surface area (Å²) < 4.78 is 0. The van der Waals surface area contributed by atoms with Crippen LogP contribution in [0.4, 0.5) is 0 Å². The van der Waals surface area contributed by atoms with E-state index in [4.69, 9.17) is 5.40 Å². The van der Waals surface area contributed by atoms with Gasteiger partial charge < -0.3 is 5.40 Å². The van der Waals surface area contributed by atoms with Gasteiger partial charge in [-0.15, -0.1) is 0 Å². The molecule has 1 rings (SSSR count). The molecule has 2 N–H and O–H groups in total. The summed E-state index contributed by atoms with van der Waals surface area (Å²) in [5.41, 5.74) is 1.32. The maximum absolute atomic E-state index is 5.82. The van der Waals surface area contributed by atoms with Crippen LogP contribution in [0.25, 0.3) is 0 Å². The molecule has 0 bridgehead atoms. The predicted octanol–water partition coefficient (Wildman–Crippen LogP) is 0.782. The van der Waals surface area contributed by atoms with Crippen molar-refractivity contribution in [3.05, 3.63) is 29.8 Å². The van der Waals surface area contributed by atoms with E-state index in [1.54, 1.807) is 0 Å². The fourth-order valence-electron chi connectivity index (χ4n) is 1.02. The lowest BCUT2D eigenvalue weighted by molar-refractivity contribution is 1.50. The molecule has 1 aromatic rings. The fraction of sp³-hybridized carbons (Fsp3) is 0.250. The molecule has 2 heteroatoms. The first kappa shape index (κ1) is 7.50. The second kappa shape index (κ2) is 2.99. The Kier molecular flexibility index (Phi) is 2.24. The molecule has 0 spiro atoms. The molecule has 0 fully saturated rings. The van der Waals surface area contributed by atoms with Crippen molar-refractivity contribution in [3.8, 4) is 0 Å². The average Bonchev–Trinajstić information content (AvgIpc) is 1.88. The summed E-state index contributed by atoms with van der Waals surface area (Å²) >= 11 is 0. The number of benzene rings is 1. The van der Waals surface area contributed by atoms with Gasteiger partial charge in [0, 0.05) is 0 Å². The maximum Gasteiger partial charge on any atom is 0.163 e. The Morgan fingerprint density at radius 1 is 1.30 bits per heavy atom. The lowest BCUT2D eigenvalue weighted by atomic mass is 10.2. The van der Waals surface area contributed by atoms with E-state index in [0.29, 0.717) is 0 Å². The van der Waals surface area contributed by atoms with Crippen LogP contribution in [-0.4, -0.2) is 8.96 Å². The topological polar surface area (TPSA) is 26.0 Å². The number of hydrogen-bond acceptors (Lipinski definition) is 1. The highest BCUT2D eigenvalue weighted by Crippen LogP contribution is 1.92. The normalized spacial score (nSPS) is 10.4. The average molecular weight is 150 g/mol. The van der Waals surface area contributed by atoms with Gasteiger partial charge in [0.25, 0.3) is 0 Å². The van der Waals surface area contributed by atoms with Crippen molar-refractivity contribution in [2.24, 2.45) is 5.40 Å². The number of aryl methyl sites for hydroxylation is 1. The van der Waals surface area contributed by atoms with Crippen LogP contribution in [0.15, 0.2) is 24.3 Å². The molecule has 0 amide bonds. The Labute approximate surface area is 63.6 Å². The van der Waals surface area contributed by atoms with Crippen molar-refractivity contribution in [2.45, 2.75) is 13.5 Å². The monoisotopic (exact) mass is 150 g/mol. The molecule has 0 heterocycles. The van der Waals surface area contributed by atoms with Crippen molar-refractivity contribution in [1.82, 2.24) is 0 Å². The molecule has 53 valence electrons. The Morgan fingerprint density at radius 2 is 1.90 bits per heavy atom. The summed E-state index contributed by atoms with van der Waals surface area (Å²) in [7, 11) is -0.742. The number of nitrogens with two attached hydrogens (primary N) is 1. The zero-order valence-electron chi connectivity index (χ0n) is 6.39. The summed E-state index contributed by atoms with van der Waals surface area (Å²) in [6, 6.07) is 8.31. The number of rotatable bonds is 1. The molecular weight excluding hydrogens is 138 g/mol. The molecule has 1 aromatic carbocycles. The highest BCUT2D eigenvalue weighted by Gasteiger charge is 2.02. The smallest absolute Gasteiger partial charge is 0.163 e. The Bertz CT molecular complexity index is 220. The fourth-order valence-corrected chi connectivity index (χ4v) is 2.08. The first-order chi connectivity index (χ1) is 4.72. The van der Waals surface area contributed by atoms with Crippen LogP contribution < -0.4 is 10.6 Å². The standard InChI is InChI=1S/C8H12NSi/c1-7-5-3-4-6-8(7)10(2)9/h3-6H,9H2,1-2H3. The third kappa shape index (κ3) is 1.46. The summed E-state index contributed by atoms with van der Waals surface area (Å²) in [6.07, 6.45) is 0. The van der Waals surface area contributed by atoms with E-state index < -0.39 is 8.96 Å². The molecular formula is C8H12NSi. The van der Waals surface area contributed by atoms with Crippen molar-refractivity contribution >= 4 is 14.1 Å². The SMILES string of the molecule is Cc1ccccc1[Si](C)N. The molecule has 10 heavy (non-hydrogen) atoms. The predicted molar refractivity (Wildman–Crippen MR) is 46.6 cm³/mol. The molecule has 0 aromatic heterocycles. The Morgan fingerprint density at radius 3 is 2.30 bits per heavy atom. The van der Waals surface area contributed by atoms with Crippen molar-refractivity contribution in [3.63, 3.8) is 0 Å². The van der Waals surface area contributed by atoms with Crippen LogP contribution in [0, 0.1) is 6.92 Å². The first-order valence-corrected chi connectivity index (χ1v) is 5.44. The van der Waals surface area contributed by atoms with Crippen LogP contribution in [0.2, 0.25) is 6.55 Å². The molecule has 0 atom stereocenters. The van der Waals surface area contributed by atoms with Crippen LogP contribution >= 0.6 is 0 Å². The van der Waals surface area contributed by atoms with Gasteiger partial charge in [-0.25, -0.2) is 0 Å². The van der Waals surface area contributed by atoms with Crippen LogP contribution in [0.1, 0.15) is 5.56 Å². The highest BCUT2D eigenvalue weighted by atomic mass is 28.3. The zero-order valence-corrected chi connectivity index (χ0v) is 7.39. The summed E-state index contributed by atoms with van der Waals surface area (Å²) in [6.45, 7) is 4.21.